The summed E-state index contributed by atoms with van der Waals surface area (Å²) in [5, 5.41) is 3.25. The molecule has 1 amide bonds. The quantitative estimate of drug-likeness (QED) is 0.523. The van der Waals surface area contributed by atoms with Gasteiger partial charge in [0, 0.05) is 10.6 Å². The zero-order valence-corrected chi connectivity index (χ0v) is 21.6. The third-order valence-corrected chi connectivity index (χ3v) is 6.53. The van der Waals surface area contributed by atoms with E-state index < -0.39 is 23.7 Å². The van der Waals surface area contributed by atoms with Crippen LogP contribution >= 0.6 is 11.8 Å². The van der Waals surface area contributed by atoms with Crippen LogP contribution in [0.1, 0.15) is 39.7 Å². The molecule has 0 spiro atoms. The summed E-state index contributed by atoms with van der Waals surface area (Å²) in [6.07, 6.45) is 1.14. The summed E-state index contributed by atoms with van der Waals surface area (Å²) in [6, 6.07) is 16.0. The van der Waals surface area contributed by atoms with Gasteiger partial charge in [0.25, 0.3) is 0 Å². The van der Waals surface area contributed by atoms with Crippen molar-refractivity contribution in [2.75, 3.05) is 23.8 Å². The van der Waals surface area contributed by atoms with Crippen LogP contribution in [0.25, 0.3) is 0 Å². The molecule has 0 aliphatic carbocycles. The number of thioether (sulfide) groups is 1. The number of fused-ring (bicyclic) bond motifs is 1. The fraction of sp³-hybridized carbons (Fsp3) is 0.444. The molecule has 35 heavy (non-hydrogen) atoms. The normalized spacial score (nSPS) is 16.7. The number of hydrogen-bond acceptors (Lipinski definition) is 7. The summed E-state index contributed by atoms with van der Waals surface area (Å²) in [4.78, 5) is 41.5. The Balaban J connectivity index is 1.81. The average Bonchev–Trinajstić information content (AvgIpc) is 2.93. The molecule has 1 aliphatic heterocycles. The van der Waals surface area contributed by atoms with Crippen molar-refractivity contribution in [1.82, 2.24) is 5.32 Å². The number of esters is 2. The molecule has 8 heteroatoms. The van der Waals surface area contributed by atoms with Crippen molar-refractivity contribution in [1.29, 1.82) is 0 Å². The fourth-order valence-electron chi connectivity index (χ4n) is 3.85. The van der Waals surface area contributed by atoms with Gasteiger partial charge in [0.1, 0.15) is 18.2 Å². The van der Waals surface area contributed by atoms with Gasteiger partial charge in [0.15, 0.2) is 0 Å². The van der Waals surface area contributed by atoms with Crippen LogP contribution < -0.4 is 10.2 Å². The van der Waals surface area contributed by atoms with Crippen LogP contribution in [0.3, 0.4) is 0 Å². The number of nitrogens with one attached hydrogen (secondary N) is 1. The van der Waals surface area contributed by atoms with Crippen LogP contribution in [0.2, 0.25) is 0 Å². The first-order valence-electron chi connectivity index (χ1n) is 11.9. The molecule has 2 aromatic carbocycles. The minimum Gasteiger partial charge on any atom is -0.465 e. The smallest absolute Gasteiger partial charge is 0.326 e. The van der Waals surface area contributed by atoms with Gasteiger partial charge in [-0.1, -0.05) is 42.5 Å². The first-order valence-corrected chi connectivity index (χ1v) is 12.9. The molecule has 1 N–H and O–H groups in total. The second-order valence-corrected chi connectivity index (χ2v) is 10.4. The van der Waals surface area contributed by atoms with E-state index in [0.29, 0.717) is 24.3 Å². The predicted octanol–water partition coefficient (Wildman–Crippen LogP) is 3.99. The zero-order valence-electron chi connectivity index (χ0n) is 20.8. The fourth-order valence-corrected chi connectivity index (χ4v) is 4.94. The van der Waals surface area contributed by atoms with Crippen LogP contribution in [0.5, 0.6) is 0 Å². The van der Waals surface area contributed by atoms with Crippen molar-refractivity contribution in [3.05, 3.63) is 60.2 Å². The Bertz CT molecular complexity index is 1020. The lowest BCUT2D eigenvalue weighted by Gasteiger charge is -2.28. The molecule has 2 unspecified atom stereocenters. The monoisotopic (exact) mass is 498 g/mol. The highest BCUT2D eigenvalue weighted by atomic mass is 32.2. The van der Waals surface area contributed by atoms with Gasteiger partial charge in [0.2, 0.25) is 5.91 Å². The van der Waals surface area contributed by atoms with Gasteiger partial charge in [0.05, 0.1) is 18.3 Å². The molecule has 0 fully saturated rings. The number of carbonyl (C=O) groups excluding carboxylic acids is 3. The highest BCUT2D eigenvalue weighted by Gasteiger charge is 2.35. The summed E-state index contributed by atoms with van der Waals surface area (Å²) in [6.45, 7) is 7.18. The highest BCUT2D eigenvalue weighted by molar-refractivity contribution is 7.99. The number of para-hydroxylation sites is 1. The molecule has 1 aliphatic rings. The number of benzene rings is 2. The molecule has 1 heterocycles. The van der Waals surface area contributed by atoms with Crippen LogP contribution in [0, 0.1) is 0 Å². The summed E-state index contributed by atoms with van der Waals surface area (Å²) < 4.78 is 10.8. The molecule has 2 atom stereocenters. The second kappa shape index (κ2) is 12.2. The van der Waals surface area contributed by atoms with Crippen LogP contribution in [-0.2, 0) is 30.3 Å². The average molecular weight is 499 g/mol. The van der Waals surface area contributed by atoms with Gasteiger partial charge in [-0.25, -0.2) is 0 Å². The molecule has 188 valence electrons. The minimum absolute atomic E-state index is 0.208. The molecule has 0 saturated carbocycles. The van der Waals surface area contributed by atoms with Crippen molar-refractivity contribution in [3.63, 3.8) is 0 Å². The topological polar surface area (TPSA) is 84.9 Å². The Morgan fingerprint density at radius 3 is 2.49 bits per heavy atom. The number of ether oxygens (including phenoxy) is 2. The van der Waals surface area contributed by atoms with Crippen LogP contribution in [-0.4, -0.2) is 54.4 Å². The Labute approximate surface area is 211 Å². The third-order valence-electron chi connectivity index (χ3n) is 5.37. The maximum Gasteiger partial charge on any atom is 0.326 e. The zero-order chi connectivity index (χ0) is 25.4. The minimum atomic E-state index is -0.681. The van der Waals surface area contributed by atoms with Gasteiger partial charge < -0.3 is 9.47 Å². The van der Waals surface area contributed by atoms with Gasteiger partial charge >= 0.3 is 11.9 Å². The van der Waals surface area contributed by atoms with E-state index in [9.17, 15) is 14.4 Å². The molecule has 7 nitrogen and oxygen atoms in total. The second-order valence-electron chi connectivity index (χ2n) is 9.34. The standard InChI is InChI=1S/C27H34N2O5S/c1-5-33-26(32)20(16-15-19-11-7-6-8-12-19)28-21-18-35-23-14-10-9-13-22(23)29(25(21)31)17-24(30)34-27(2,3)4/h6-14,20-21,28H,5,15-18H2,1-4H3. The maximum atomic E-state index is 13.7. The van der Waals surface area contributed by atoms with Crippen molar-refractivity contribution in [2.45, 2.75) is 63.1 Å². The van der Waals surface area contributed by atoms with Crippen LogP contribution in [0.15, 0.2) is 59.5 Å². The number of rotatable bonds is 9. The van der Waals surface area contributed by atoms with E-state index in [4.69, 9.17) is 9.47 Å². The molecule has 0 bridgehead atoms. The number of amides is 1. The molecular formula is C27H34N2O5S. The van der Waals surface area contributed by atoms with Gasteiger partial charge in [-0.3, -0.25) is 24.6 Å². The lowest BCUT2D eigenvalue weighted by molar-refractivity contribution is -0.154. The third kappa shape index (κ3) is 7.83. The Hall–Kier alpha value is -2.84. The van der Waals surface area contributed by atoms with E-state index >= 15 is 0 Å². The van der Waals surface area contributed by atoms with Crippen molar-refractivity contribution in [2.24, 2.45) is 0 Å². The van der Waals surface area contributed by atoms with E-state index in [1.807, 2.05) is 54.6 Å². The van der Waals surface area contributed by atoms with Crippen molar-refractivity contribution in [3.8, 4) is 0 Å². The number of anilines is 1. The summed E-state index contributed by atoms with van der Waals surface area (Å²) in [5.74, 6) is -0.733. The van der Waals surface area contributed by atoms with Crippen molar-refractivity contribution < 1.29 is 23.9 Å². The Morgan fingerprint density at radius 1 is 1.11 bits per heavy atom. The number of hydrogen-bond donors (Lipinski definition) is 1. The molecule has 3 rings (SSSR count). The number of aryl methyl sites for hydroxylation is 1. The summed E-state index contributed by atoms with van der Waals surface area (Å²) in [5.41, 5.74) is 1.10. The molecule has 0 saturated heterocycles. The largest absolute Gasteiger partial charge is 0.465 e. The summed E-state index contributed by atoms with van der Waals surface area (Å²) in [7, 11) is 0. The Kier molecular flexibility index (Phi) is 9.34. The molecule has 0 aromatic heterocycles. The molecular weight excluding hydrogens is 464 g/mol. The van der Waals surface area contributed by atoms with E-state index in [-0.39, 0.29) is 25.0 Å². The van der Waals surface area contributed by atoms with E-state index in [2.05, 4.69) is 5.32 Å². The molecule has 2 aromatic rings. The highest BCUT2D eigenvalue weighted by Crippen LogP contribution is 2.34. The lowest BCUT2D eigenvalue weighted by atomic mass is 10.0. The SMILES string of the molecule is CCOC(=O)C(CCc1ccccc1)NC1CSc2ccccc2N(CC(=O)OC(C)(C)C)C1=O. The van der Waals surface area contributed by atoms with Gasteiger partial charge in [-0.15, -0.1) is 11.8 Å². The number of nitrogens with zero attached hydrogens (tertiary/aromatic N) is 1. The lowest BCUT2D eigenvalue weighted by Crippen LogP contribution is -2.54. The van der Waals surface area contributed by atoms with E-state index in [0.717, 1.165) is 10.5 Å². The first-order chi connectivity index (χ1) is 16.7. The number of carbonyl (C=O) groups is 3. The van der Waals surface area contributed by atoms with Gasteiger partial charge in [-0.2, -0.15) is 0 Å². The first kappa shape index (κ1) is 26.8. The predicted molar refractivity (Wildman–Crippen MR) is 137 cm³/mol. The van der Waals surface area contributed by atoms with Crippen molar-refractivity contribution >= 4 is 35.3 Å². The van der Waals surface area contributed by atoms with Gasteiger partial charge in [-0.05, 0) is 58.2 Å². The summed E-state index contributed by atoms with van der Waals surface area (Å²) >= 11 is 1.52. The van der Waals surface area contributed by atoms with E-state index in [1.165, 1.54) is 16.7 Å². The van der Waals surface area contributed by atoms with Crippen LogP contribution in [0.4, 0.5) is 5.69 Å². The molecule has 0 radical (unpaired) electrons. The Morgan fingerprint density at radius 2 is 1.80 bits per heavy atom. The maximum absolute atomic E-state index is 13.7. The van der Waals surface area contributed by atoms with E-state index in [1.54, 1.807) is 27.7 Å².